The number of fused-ring (bicyclic) bond motifs is 1. The van der Waals surface area contributed by atoms with Crippen molar-refractivity contribution in [1.82, 2.24) is 0 Å². The van der Waals surface area contributed by atoms with Gasteiger partial charge in [0.05, 0.1) is 29.9 Å². The zero-order valence-electron chi connectivity index (χ0n) is 17.0. The molecule has 1 fully saturated rings. The summed E-state index contributed by atoms with van der Waals surface area (Å²) in [5.41, 5.74) is 5.64. The predicted molar refractivity (Wildman–Crippen MR) is 114 cm³/mol. The summed E-state index contributed by atoms with van der Waals surface area (Å²) in [5.74, 6) is 0.749. The fourth-order valence-electron chi connectivity index (χ4n) is 4.43. The molecule has 0 aromatic heterocycles. The Kier molecular flexibility index (Phi) is 6.16. The van der Waals surface area contributed by atoms with Crippen LogP contribution in [0, 0.1) is 0 Å². The molecule has 2 aliphatic heterocycles. The van der Waals surface area contributed by atoms with Gasteiger partial charge in [-0.25, -0.2) is 0 Å². The van der Waals surface area contributed by atoms with Gasteiger partial charge in [0.1, 0.15) is 11.9 Å². The number of benzene rings is 2. The lowest BCUT2D eigenvalue weighted by Crippen LogP contribution is -2.44. The highest BCUT2D eigenvalue weighted by Gasteiger charge is 2.37. The molecule has 0 spiro atoms. The number of rotatable bonds is 5. The largest absolute Gasteiger partial charge is 0.491 e. The summed E-state index contributed by atoms with van der Waals surface area (Å²) in [6, 6.07) is 10.8. The van der Waals surface area contributed by atoms with Crippen LogP contribution in [-0.2, 0) is 24.0 Å². The van der Waals surface area contributed by atoms with Crippen LogP contribution in [0.15, 0.2) is 30.3 Å². The molecule has 5 heteroatoms. The Morgan fingerprint density at radius 2 is 1.86 bits per heavy atom. The maximum absolute atomic E-state index is 10.3. The van der Waals surface area contributed by atoms with Crippen molar-refractivity contribution >= 4 is 11.6 Å². The van der Waals surface area contributed by atoms with Gasteiger partial charge in [0, 0.05) is 18.4 Å². The smallest absolute Gasteiger partial charge is 0.141 e. The maximum Gasteiger partial charge on any atom is 0.141 e. The molecule has 4 rings (SSSR count). The van der Waals surface area contributed by atoms with E-state index >= 15 is 0 Å². The van der Waals surface area contributed by atoms with Gasteiger partial charge in [-0.1, -0.05) is 55.3 Å². The number of hydrogen-bond donors (Lipinski definition) is 2. The quantitative estimate of drug-likeness (QED) is 0.758. The maximum atomic E-state index is 10.3. The van der Waals surface area contributed by atoms with Gasteiger partial charge >= 0.3 is 0 Å². The van der Waals surface area contributed by atoms with Crippen LogP contribution in [0.1, 0.15) is 60.6 Å². The van der Waals surface area contributed by atoms with E-state index in [1.807, 2.05) is 0 Å². The molecule has 2 aliphatic rings. The summed E-state index contributed by atoms with van der Waals surface area (Å²) in [7, 11) is 0. The first-order chi connectivity index (χ1) is 14.0. The van der Waals surface area contributed by atoms with Gasteiger partial charge in [0.2, 0.25) is 0 Å². The highest BCUT2D eigenvalue weighted by molar-refractivity contribution is 6.33. The minimum absolute atomic E-state index is 0.276. The number of hydrogen-bond acceptors (Lipinski definition) is 4. The van der Waals surface area contributed by atoms with E-state index in [0.29, 0.717) is 24.5 Å². The van der Waals surface area contributed by atoms with Gasteiger partial charge in [-0.2, -0.15) is 0 Å². The lowest BCUT2D eigenvalue weighted by molar-refractivity contribution is -0.163. The molecule has 0 bridgehead atoms. The van der Waals surface area contributed by atoms with Crippen LogP contribution in [0.3, 0.4) is 0 Å². The molecule has 4 atom stereocenters. The zero-order valence-corrected chi connectivity index (χ0v) is 17.8. The average Bonchev–Trinajstić information content (AvgIpc) is 3.20. The van der Waals surface area contributed by atoms with Crippen LogP contribution in [0.5, 0.6) is 5.75 Å². The molecule has 2 N–H and O–H groups in total. The molecule has 0 radical (unpaired) electrons. The van der Waals surface area contributed by atoms with Crippen molar-refractivity contribution in [2.75, 3.05) is 6.61 Å². The van der Waals surface area contributed by atoms with Crippen LogP contribution in [-0.4, -0.2) is 35.1 Å². The number of halogens is 1. The van der Waals surface area contributed by atoms with Crippen LogP contribution in [0.25, 0.3) is 0 Å². The Bertz CT molecular complexity index is 852. The minimum Gasteiger partial charge on any atom is -0.491 e. The fourth-order valence-corrected chi connectivity index (χ4v) is 4.72. The molecule has 2 heterocycles. The second-order valence-electron chi connectivity index (χ2n) is 8.21. The third kappa shape index (κ3) is 4.17. The lowest BCUT2D eigenvalue weighted by atomic mass is 9.89. The Morgan fingerprint density at radius 1 is 1.14 bits per heavy atom. The second kappa shape index (κ2) is 8.65. The molecule has 4 nitrogen and oxygen atoms in total. The number of aliphatic hydroxyl groups is 2. The van der Waals surface area contributed by atoms with Crippen molar-refractivity contribution in [3.05, 3.63) is 63.2 Å². The van der Waals surface area contributed by atoms with Crippen LogP contribution in [0.2, 0.25) is 5.02 Å². The summed E-state index contributed by atoms with van der Waals surface area (Å²) in [5, 5.41) is 21.0. The zero-order chi connectivity index (χ0) is 20.5. The Hall–Kier alpha value is -1.59. The van der Waals surface area contributed by atoms with Gasteiger partial charge < -0.3 is 19.7 Å². The van der Waals surface area contributed by atoms with E-state index in [9.17, 15) is 10.2 Å². The van der Waals surface area contributed by atoms with E-state index in [-0.39, 0.29) is 6.10 Å². The van der Waals surface area contributed by atoms with Crippen molar-refractivity contribution in [2.24, 2.45) is 0 Å². The van der Waals surface area contributed by atoms with Crippen LogP contribution in [0.4, 0.5) is 0 Å². The van der Waals surface area contributed by atoms with Gasteiger partial charge in [-0.05, 0) is 42.0 Å². The molecule has 2 aromatic carbocycles. The minimum atomic E-state index is -0.857. The van der Waals surface area contributed by atoms with E-state index < -0.39 is 18.3 Å². The molecule has 0 aliphatic carbocycles. The molecule has 3 unspecified atom stereocenters. The standard InChI is InChI=1S/C24H29ClO4/c1-3-4-15-5-7-16(8-6-15)11-17-12-19(18-9-10-28-24(18)22(17)25)21-13-20(26)23(27)14(2)29-21/h5-8,12,14,20-21,23,26-27H,3-4,9-11,13H2,1-2H3/t14?,20?,21?,23-/m1/s1. The highest BCUT2D eigenvalue weighted by atomic mass is 35.5. The Morgan fingerprint density at radius 3 is 2.55 bits per heavy atom. The summed E-state index contributed by atoms with van der Waals surface area (Å²) < 4.78 is 11.9. The first kappa shape index (κ1) is 20.7. The van der Waals surface area contributed by atoms with Crippen molar-refractivity contribution in [2.45, 2.75) is 70.4 Å². The van der Waals surface area contributed by atoms with Crippen molar-refractivity contribution in [3.63, 3.8) is 0 Å². The molecule has 2 aromatic rings. The summed E-state index contributed by atoms with van der Waals surface area (Å²) >= 11 is 6.72. The van der Waals surface area contributed by atoms with Crippen molar-refractivity contribution in [1.29, 1.82) is 0 Å². The average molecular weight is 417 g/mol. The molecular formula is C24H29ClO4. The molecule has 1 saturated heterocycles. The van der Waals surface area contributed by atoms with Gasteiger partial charge in [0.15, 0.2) is 0 Å². The SMILES string of the molecule is CCCc1ccc(Cc2cc(C3CC(O)[C@H](O)C(C)O3)c3c(c2Cl)OCC3)cc1. The molecule has 0 saturated carbocycles. The highest BCUT2D eigenvalue weighted by Crippen LogP contribution is 2.44. The molecule has 29 heavy (non-hydrogen) atoms. The molecule has 156 valence electrons. The summed E-state index contributed by atoms with van der Waals surface area (Å²) in [4.78, 5) is 0. The third-order valence-corrected chi connectivity index (χ3v) is 6.46. The predicted octanol–water partition coefficient (Wildman–Crippen LogP) is 4.39. The summed E-state index contributed by atoms with van der Waals surface area (Å²) in [6.07, 6.45) is 1.72. The molecular weight excluding hydrogens is 388 g/mol. The van der Waals surface area contributed by atoms with Gasteiger partial charge in [-0.15, -0.1) is 0 Å². The molecule has 0 amide bonds. The first-order valence-electron chi connectivity index (χ1n) is 10.5. The number of aryl methyl sites for hydroxylation is 1. The van der Waals surface area contributed by atoms with Gasteiger partial charge in [-0.3, -0.25) is 0 Å². The topological polar surface area (TPSA) is 58.9 Å². The monoisotopic (exact) mass is 416 g/mol. The summed E-state index contributed by atoms with van der Waals surface area (Å²) in [6.45, 7) is 4.58. The fraction of sp³-hybridized carbons (Fsp3) is 0.500. The van der Waals surface area contributed by atoms with Crippen LogP contribution < -0.4 is 4.74 Å². The Labute approximate surface area is 177 Å². The van der Waals surface area contributed by atoms with Crippen molar-refractivity contribution in [3.8, 4) is 5.75 Å². The Balaban J connectivity index is 1.66. The lowest BCUT2D eigenvalue weighted by Gasteiger charge is -2.36. The second-order valence-corrected chi connectivity index (χ2v) is 8.59. The number of ether oxygens (including phenoxy) is 2. The van der Waals surface area contributed by atoms with E-state index in [1.54, 1.807) is 6.92 Å². The first-order valence-corrected chi connectivity index (χ1v) is 10.9. The third-order valence-electron chi connectivity index (χ3n) is 6.04. The van der Waals surface area contributed by atoms with E-state index in [0.717, 1.165) is 41.7 Å². The normalized spacial score (nSPS) is 26.2. The van der Waals surface area contributed by atoms with Gasteiger partial charge in [0.25, 0.3) is 0 Å². The number of aliphatic hydroxyl groups excluding tert-OH is 2. The van der Waals surface area contributed by atoms with Crippen LogP contribution >= 0.6 is 11.6 Å². The van der Waals surface area contributed by atoms with E-state index in [4.69, 9.17) is 21.1 Å². The van der Waals surface area contributed by atoms with E-state index in [1.165, 1.54) is 11.1 Å². The van der Waals surface area contributed by atoms with E-state index in [2.05, 4.69) is 37.3 Å². The van der Waals surface area contributed by atoms with Crippen molar-refractivity contribution < 1.29 is 19.7 Å².